The molecule has 0 saturated carbocycles. The Bertz CT molecular complexity index is 200. The van der Waals surface area contributed by atoms with Crippen molar-refractivity contribution in [3.8, 4) is 0 Å². The Kier molecular flexibility index (Phi) is 1.59. The van der Waals surface area contributed by atoms with Gasteiger partial charge < -0.3 is 5.11 Å². The molecular formula is C5H7F3N2O. The maximum absolute atomic E-state index is 11.9. The summed E-state index contributed by atoms with van der Waals surface area (Å²) < 4.78 is 35.8. The Hall–Kier alpha value is -0.780. The highest BCUT2D eigenvalue weighted by atomic mass is 19.4. The van der Waals surface area contributed by atoms with Gasteiger partial charge in [0.15, 0.2) is 0 Å². The largest absolute Gasteiger partial charge is 0.438 e. The van der Waals surface area contributed by atoms with Gasteiger partial charge in [0.25, 0.3) is 5.72 Å². The van der Waals surface area contributed by atoms with Crippen LogP contribution < -0.4 is 5.43 Å². The summed E-state index contributed by atoms with van der Waals surface area (Å²) in [4.78, 5) is 0. The lowest BCUT2D eigenvalue weighted by atomic mass is 10.1. The summed E-state index contributed by atoms with van der Waals surface area (Å²) in [6.45, 7) is 1.41. The van der Waals surface area contributed by atoms with Crippen molar-refractivity contribution in [1.82, 2.24) is 5.43 Å². The lowest BCUT2D eigenvalue weighted by molar-refractivity contribution is -0.266. The van der Waals surface area contributed by atoms with Gasteiger partial charge in [-0.25, -0.2) is 0 Å². The zero-order chi connectivity index (χ0) is 8.70. The molecule has 1 atom stereocenters. The Balaban J connectivity index is 2.74. The number of rotatable bonds is 0. The molecule has 1 heterocycles. The van der Waals surface area contributed by atoms with E-state index in [9.17, 15) is 13.2 Å². The van der Waals surface area contributed by atoms with Crippen LogP contribution in [0.2, 0.25) is 0 Å². The Morgan fingerprint density at radius 3 is 2.36 bits per heavy atom. The van der Waals surface area contributed by atoms with Gasteiger partial charge in [-0.1, -0.05) is 0 Å². The molecule has 1 aliphatic rings. The van der Waals surface area contributed by atoms with Crippen molar-refractivity contribution in [3.63, 3.8) is 0 Å². The second kappa shape index (κ2) is 2.10. The third-order valence-corrected chi connectivity index (χ3v) is 1.41. The zero-order valence-corrected chi connectivity index (χ0v) is 5.74. The molecule has 1 aliphatic heterocycles. The standard InChI is InChI=1S/C5H7F3N2O/c1-3-2-4(11,10-9-3)5(6,7)8/h10-11H,2H2,1H3/t4-/m0/s1. The van der Waals surface area contributed by atoms with E-state index in [1.54, 1.807) is 5.43 Å². The third kappa shape index (κ3) is 1.30. The van der Waals surface area contributed by atoms with E-state index in [0.717, 1.165) is 0 Å². The number of nitrogens with zero attached hydrogens (tertiary/aromatic N) is 1. The smallest absolute Gasteiger partial charge is 0.362 e. The van der Waals surface area contributed by atoms with Gasteiger partial charge in [-0.3, -0.25) is 5.43 Å². The lowest BCUT2D eigenvalue weighted by Crippen LogP contribution is -2.52. The second-order valence-electron chi connectivity index (χ2n) is 2.49. The van der Waals surface area contributed by atoms with E-state index in [-0.39, 0.29) is 5.71 Å². The zero-order valence-electron chi connectivity index (χ0n) is 5.74. The van der Waals surface area contributed by atoms with E-state index < -0.39 is 18.3 Å². The molecule has 0 aromatic heterocycles. The molecule has 1 rings (SSSR count). The van der Waals surface area contributed by atoms with Crippen LogP contribution in [-0.2, 0) is 0 Å². The van der Waals surface area contributed by atoms with Gasteiger partial charge in [-0.05, 0) is 6.92 Å². The van der Waals surface area contributed by atoms with Crippen molar-refractivity contribution in [1.29, 1.82) is 0 Å². The molecular weight excluding hydrogens is 161 g/mol. The minimum atomic E-state index is -4.67. The number of hydrogen-bond acceptors (Lipinski definition) is 3. The summed E-state index contributed by atoms with van der Waals surface area (Å²) in [6.07, 6.45) is -5.18. The molecule has 0 aromatic carbocycles. The summed E-state index contributed by atoms with van der Waals surface area (Å²) in [5.41, 5.74) is -0.968. The molecule has 0 radical (unpaired) electrons. The molecule has 0 bridgehead atoms. The number of alkyl halides is 3. The minimum Gasteiger partial charge on any atom is -0.362 e. The topological polar surface area (TPSA) is 44.6 Å². The number of halogens is 3. The first-order chi connectivity index (χ1) is 4.85. The number of hydrogen-bond donors (Lipinski definition) is 2. The minimum absolute atomic E-state index is 0.241. The van der Waals surface area contributed by atoms with Gasteiger partial charge in [0.2, 0.25) is 0 Å². The molecule has 0 aliphatic carbocycles. The molecule has 0 unspecified atom stereocenters. The fraction of sp³-hybridized carbons (Fsp3) is 0.800. The van der Waals surface area contributed by atoms with Crippen molar-refractivity contribution in [2.75, 3.05) is 0 Å². The lowest BCUT2D eigenvalue weighted by Gasteiger charge is -2.24. The van der Waals surface area contributed by atoms with E-state index in [0.29, 0.717) is 0 Å². The maximum atomic E-state index is 11.9. The second-order valence-corrected chi connectivity index (χ2v) is 2.49. The Labute approximate surface area is 60.9 Å². The van der Waals surface area contributed by atoms with Gasteiger partial charge in [0.1, 0.15) is 0 Å². The van der Waals surface area contributed by atoms with Crippen molar-refractivity contribution in [3.05, 3.63) is 0 Å². The summed E-state index contributed by atoms with van der Waals surface area (Å²) >= 11 is 0. The van der Waals surface area contributed by atoms with Gasteiger partial charge in [-0.15, -0.1) is 0 Å². The van der Waals surface area contributed by atoms with Crippen LogP contribution in [0.4, 0.5) is 13.2 Å². The normalized spacial score (nSPS) is 31.5. The van der Waals surface area contributed by atoms with E-state index in [1.807, 2.05) is 0 Å². The van der Waals surface area contributed by atoms with Gasteiger partial charge >= 0.3 is 6.18 Å². The maximum Gasteiger partial charge on any atom is 0.438 e. The molecule has 2 N–H and O–H groups in total. The van der Waals surface area contributed by atoms with E-state index in [1.165, 1.54) is 6.92 Å². The van der Waals surface area contributed by atoms with Crippen LogP contribution in [0.15, 0.2) is 5.10 Å². The summed E-state index contributed by atoms with van der Waals surface area (Å²) in [5, 5.41) is 12.1. The Morgan fingerprint density at radius 1 is 1.64 bits per heavy atom. The van der Waals surface area contributed by atoms with Gasteiger partial charge in [0, 0.05) is 12.1 Å². The van der Waals surface area contributed by atoms with Crippen molar-refractivity contribution in [2.45, 2.75) is 25.2 Å². The molecule has 3 nitrogen and oxygen atoms in total. The third-order valence-electron chi connectivity index (χ3n) is 1.41. The molecule has 6 heteroatoms. The van der Waals surface area contributed by atoms with Crippen LogP contribution in [0, 0.1) is 0 Å². The highest BCUT2D eigenvalue weighted by Gasteiger charge is 2.56. The molecule has 0 spiro atoms. The van der Waals surface area contributed by atoms with Crippen molar-refractivity contribution in [2.24, 2.45) is 5.10 Å². The van der Waals surface area contributed by atoms with E-state index in [4.69, 9.17) is 5.11 Å². The first kappa shape index (κ1) is 8.32. The SMILES string of the molecule is CC1=NN[C@@](O)(C(F)(F)F)C1. The molecule has 0 fully saturated rings. The highest BCUT2D eigenvalue weighted by molar-refractivity contribution is 5.84. The fourth-order valence-electron chi connectivity index (χ4n) is 0.801. The summed E-state index contributed by atoms with van der Waals surface area (Å²) in [7, 11) is 0. The van der Waals surface area contributed by atoms with E-state index in [2.05, 4.69) is 5.10 Å². The molecule has 0 amide bonds. The predicted molar refractivity (Wildman–Crippen MR) is 31.9 cm³/mol. The highest BCUT2D eigenvalue weighted by Crippen LogP contribution is 2.33. The first-order valence-corrected chi connectivity index (χ1v) is 2.94. The summed E-state index contributed by atoms with van der Waals surface area (Å²) in [5.74, 6) is 0. The molecule has 64 valence electrons. The van der Waals surface area contributed by atoms with Crippen LogP contribution in [-0.4, -0.2) is 22.7 Å². The van der Waals surface area contributed by atoms with Crippen molar-refractivity contribution >= 4 is 5.71 Å². The van der Waals surface area contributed by atoms with Crippen LogP contribution in [0.25, 0.3) is 0 Å². The first-order valence-electron chi connectivity index (χ1n) is 2.94. The predicted octanol–water partition coefficient (Wildman–Crippen LogP) is 0.607. The number of hydrazone groups is 1. The average Bonchev–Trinajstić information content (AvgIpc) is 2.10. The molecule has 0 saturated heterocycles. The van der Waals surface area contributed by atoms with Crippen LogP contribution >= 0.6 is 0 Å². The quantitative estimate of drug-likeness (QED) is 0.556. The monoisotopic (exact) mass is 168 g/mol. The summed E-state index contributed by atoms with van der Waals surface area (Å²) in [6, 6.07) is 0. The van der Waals surface area contributed by atoms with Crippen LogP contribution in [0.1, 0.15) is 13.3 Å². The fourth-order valence-corrected chi connectivity index (χ4v) is 0.801. The molecule has 11 heavy (non-hydrogen) atoms. The van der Waals surface area contributed by atoms with Crippen LogP contribution in [0.5, 0.6) is 0 Å². The van der Waals surface area contributed by atoms with Crippen LogP contribution in [0.3, 0.4) is 0 Å². The van der Waals surface area contributed by atoms with E-state index >= 15 is 0 Å². The Morgan fingerprint density at radius 2 is 2.18 bits per heavy atom. The van der Waals surface area contributed by atoms with Gasteiger partial charge in [0.05, 0.1) is 0 Å². The number of aliphatic hydroxyl groups is 1. The number of nitrogens with one attached hydrogen (secondary N) is 1. The van der Waals surface area contributed by atoms with Crippen molar-refractivity contribution < 1.29 is 18.3 Å². The van der Waals surface area contributed by atoms with Gasteiger partial charge in [-0.2, -0.15) is 18.3 Å². The molecule has 0 aromatic rings. The average molecular weight is 168 g/mol.